The Morgan fingerprint density at radius 1 is 1.10 bits per heavy atom. The van der Waals surface area contributed by atoms with Crippen LogP contribution in [0, 0.1) is 0 Å². The quantitative estimate of drug-likeness (QED) is 0.859. The molecule has 0 aliphatic heterocycles. The van der Waals surface area contributed by atoms with Crippen LogP contribution in [-0.4, -0.2) is 11.7 Å². The number of rotatable bonds is 5. The van der Waals surface area contributed by atoms with Crippen molar-refractivity contribution in [1.29, 1.82) is 0 Å². The fourth-order valence-corrected chi connectivity index (χ4v) is 2.50. The maximum Gasteiger partial charge on any atom is 0.0928 e. The van der Waals surface area contributed by atoms with E-state index >= 15 is 0 Å². The number of aliphatic hydroxyl groups excluding tert-OH is 1. The third kappa shape index (κ3) is 3.97. The zero-order valence-electron chi connectivity index (χ0n) is 11.2. The SMILES string of the molecule is C[C@@H](NCC(O)c1ccccc1Cl)c1cccc(Cl)c1. The molecule has 0 aliphatic rings. The van der Waals surface area contributed by atoms with E-state index in [2.05, 4.69) is 5.32 Å². The third-order valence-electron chi connectivity index (χ3n) is 3.23. The molecule has 0 radical (unpaired) electrons. The summed E-state index contributed by atoms with van der Waals surface area (Å²) in [5, 5.41) is 14.8. The standard InChI is InChI=1S/C16H17Cl2NO/c1-11(12-5-4-6-13(17)9-12)19-10-16(20)14-7-2-3-8-15(14)18/h2-9,11,16,19-20H,10H2,1H3/t11-,16?/m1/s1. The van der Waals surface area contributed by atoms with E-state index in [0.29, 0.717) is 16.6 Å². The first-order valence-corrected chi connectivity index (χ1v) is 7.25. The molecule has 0 saturated heterocycles. The molecule has 106 valence electrons. The summed E-state index contributed by atoms with van der Waals surface area (Å²) in [6.07, 6.45) is -0.634. The molecule has 0 aliphatic carbocycles. The molecule has 0 heterocycles. The van der Waals surface area contributed by atoms with Crippen molar-refractivity contribution < 1.29 is 5.11 Å². The van der Waals surface area contributed by atoms with Crippen molar-refractivity contribution in [1.82, 2.24) is 5.32 Å². The van der Waals surface area contributed by atoms with Gasteiger partial charge in [0, 0.05) is 28.2 Å². The maximum atomic E-state index is 10.2. The first-order valence-electron chi connectivity index (χ1n) is 6.49. The highest BCUT2D eigenvalue weighted by atomic mass is 35.5. The highest BCUT2D eigenvalue weighted by Crippen LogP contribution is 2.23. The van der Waals surface area contributed by atoms with Gasteiger partial charge in [0.1, 0.15) is 0 Å². The summed E-state index contributed by atoms with van der Waals surface area (Å²) in [4.78, 5) is 0. The van der Waals surface area contributed by atoms with E-state index in [0.717, 1.165) is 11.1 Å². The van der Waals surface area contributed by atoms with E-state index in [-0.39, 0.29) is 6.04 Å². The molecule has 2 N–H and O–H groups in total. The zero-order chi connectivity index (χ0) is 14.5. The molecule has 2 aromatic rings. The van der Waals surface area contributed by atoms with Crippen molar-refractivity contribution in [2.45, 2.75) is 19.1 Å². The lowest BCUT2D eigenvalue weighted by atomic mass is 10.1. The molecule has 2 nitrogen and oxygen atoms in total. The van der Waals surface area contributed by atoms with Crippen molar-refractivity contribution in [3.63, 3.8) is 0 Å². The minimum atomic E-state index is -0.634. The van der Waals surface area contributed by atoms with Gasteiger partial charge in [0.15, 0.2) is 0 Å². The van der Waals surface area contributed by atoms with Gasteiger partial charge in [-0.1, -0.05) is 53.5 Å². The Balaban J connectivity index is 1.97. The summed E-state index contributed by atoms with van der Waals surface area (Å²) in [6.45, 7) is 2.46. The smallest absolute Gasteiger partial charge is 0.0928 e. The van der Waals surface area contributed by atoms with Crippen LogP contribution >= 0.6 is 23.2 Å². The number of nitrogens with one attached hydrogen (secondary N) is 1. The minimum absolute atomic E-state index is 0.103. The predicted molar refractivity (Wildman–Crippen MR) is 84.3 cm³/mol. The van der Waals surface area contributed by atoms with Crippen LogP contribution in [-0.2, 0) is 0 Å². The van der Waals surface area contributed by atoms with Crippen LogP contribution in [0.1, 0.15) is 30.2 Å². The van der Waals surface area contributed by atoms with Gasteiger partial charge in [-0.2, -0.15) is 0 Å². The van der Waals surface area contributed by atoms with Crippen LogP contribution in [0.4, 0.5) is 0 Å². The molecule has 0 amide bonds. The lowest BCUT2D eigenvalue weighted by Gasteiger charge is -2.18. The topological polar surface area (TPSA) is 32.3 Å². The Morgan fingerprint density at radius 3 is 2.55 bits per heavy atom. The second-order valence-electron chi connectivity index (χ2n) is 4.72. The second kappa shape index (κ2) is 7.09. The largest absolute Gasteiger partial charge is 0.387 e. The molecule has 2 atom stereocenters. The van der Waals surface area contributed by atoms with Gasteiger partial charge in [-0.05, 0) is 30.7 Å². The van der Waals surface area contributed by atoms with Gasteiger partial charge in [0.25, 0.3) is 0 Å². The summed E-state index contributed by atoms with van der Waals surface area (Å²) in [7, 11) is 0. The number of benzene rings is 2. The van der Waals surface area contributed by atoms with Gasteiger partial charge in [0.2, 0.25) is 0 Å². The molecule has 0 fully saturated rings. The van der Waals surface area contributed by atoms with Crippen molar-refractivity contribution in [3.8, 4) is 0 Å². The molecule has 4 heteroatoms. The number of aliphatic hydroxyl groups is 1. The lowest BCUT2D eigenvalue weighted by molar-refractivity contribution is 0.171. The number of halogens is 2. The number of hydrogen-bond donors (Lipinski definition) is 2. The van der Waals surface area contributed by atoms with Crippen LogP contribution in [0.3, 0.4) is 0 Å². The third-order valence-corrected chi connectivity index (χ3v) is 3.81. The molecule has 0 saturated carbocycles. The summed E-state index contributed by atoms with van der Waals surface area (Å²) >= 11 is 12.0. The first-order chi connectivity index (χ1) is 9.58. The van der Waals surface area contributed by atoms with Crippen LogP contribution < -0.4 is 5.32 Å². The van der Waals surface area contributed by atoms with Gasteiger partial charge in [0.05, 0.1) is 6.10 Å². The summed E-state index contributed by atoms with van der Waals surface area (Å²) in [6, 6.07) is 15.1. The Hall–Kier alpha value is -1.06. The Morgan fingerprint density at radius 2 is 1.85 bits per heavy atom. The van der Waals surface area contributed by atoms with E-state index < -0.39 is 6.10 Å². The summed E-state index contributed by atoms with van der Waals surface area (Å²) < 4.78 is 0. The molecule has 20 heavy (non-hydrogen) atoms. The van der Waals surface area contributed by atoms with Gasteiger partial charge in [-0.3, -0.25) is 0 Å². The zero-order valence-corrected chi connectivity index (χ0v) is 12.7. The van der Waals surface area contributed by atoms with Crippen LogP contribution in [0.2, 0.25) is 10.0 Å². The predicted octanol–water partition coefficient (Wildman–Crippen LogP) is 4.38. The minimum Gasteiger partial charge on any atom is -0.387 e. The molecule has 0 bridgehead atoms. The van der Waals surface area contributed by atoms with Crippen LogP contribution in [0.25, 0.3) is 0 Å². The Kier molecular flexibility index (Phi) is 5.44. The van der Waals surface area contributed by atoms with E-state index in [4.69, 9.17) is 23.2 Å². The van der Waals surface area contributed by atoms with Crippen LogP contribution in [0.15, 0.2) is 48.5 Å². The Labute approximate surface area is 129 Å². The molecular formula is C16H17Cl2NO. The fourth-order valence-electron chi connectivity index (χ4n) is 2.04. The summed E-state index contributed by atoms with van der Waals surface area (Å²) in [5.41, 5.74) is 1.82. The normalized spacial score (nSPS) is 14.0. The van der Waals surface area contributed by atoms with Gasteiger partial charge >= 0.3 is 0 Å². The summed E-state index contributed by atoms with van der Waals surface area (Å²) in [5.74, 6) is 0. The average Bonchev–Trinajstić information content (AvgIpc) is 2.45. The molecule has 2 rings (SSSR count). The fraction of sp³-hybridized carbons (Fsp3) is 0.250. The van der Waals surface area contributed by atoms with E-state index in [1.54, 1.807) is 6.07 Å². The van der Waals surface area contributed by atoms with E-state index in [1.165, 1.54) is 0 Å². The molecule has 0 aromatic heterocycles. The van der Waals surface area contributed by atoms with E-state index in [1.807, 2.05) is 49.4 Å². The monoisotopic (exact) mass is 309 g/mol. The first kappa shape index (κ1) is 15.3. The Bertz CT molecular complexity index is 574. The van der Waals surface area contributed by atoms with Crippen molar-refractivity contribution in [2.24, 2.45) is 0 Å². The van der Waals surface area contributed by atoms with Crippen LogP contribution in [0.5, 0.6) is 0 Å². The molecule has 0 spiro atoms. The van der Waals surface area contributed by atoms with Gasteiger partial charge in [-0.25, -0.2) is 0 Å². The van der Waals surface area contributed by atoms with Crippen molar-refractivity contribution >= 4 is 23.2 Å². The second-order valence-corrected chi connectivity index (χ2v) is 5.57. The molecule has 2 aromatic carbocycles. The lowest BCUT2D eigenvalue weighted by Crippen LogP contribution is -2.24. The highest BCUT2D eigenvalue weighted by molar-refractivity contribution is 6.31. The van der Waals surface area contributed by atoms with Crippen molar-refractivity contribution in [2.75, 3.05) is 6.54 Å². The highest BCUT2D eigenvalue weighted by Gasteiger charge is 2.13. The number of hydrogen-bond acceptors (Lipinski definition) is 2. The molecular weight excluding hydrogens is 293 g/mol. The molecule has 1 unspecified atom stereocenters. The maximum absolute atomic E-state index is 10.2. The van der Waals surface area contributed by atoms with Gasteiger partial charge < -0.3 is 10.4 Å². The average molecular weight is 310 g/mol. The van der Waals surface area contributed by atoms with Crippen molar-refractivity contribution in [3.05, 3.63) is 69.7 Å². The van der Waals surface area contributed by atoms with Gasteiger partial charge in [-0.15, -0.1) is 0 Å². The van der Waals surface area contributed by atoms with E-state index in [9.17, 15) is 5.11 Å².